The summed E-state index contributed by atoms with van der Waals surface area (Å²) in [6, 6.07) is 3.56. The minimum Gasteiger partial charge on any atom is -0.494 e. The van der Waals surface area contributed by atoms with Crippen molar-refractivity contribution in [2.24, 2.45) is 0 Å². The number of likely N-dealkylation sites (N-methyl/N-ethyl adjacent to an activating group) is 1. The number of rotatable bonds is 3. The highest BCUT2D eigenvalue weighted by molar-refractivity contribution is 6.37. The summed E-state index contributed by atoms with van der Waals surface area (Å²) in [5.41, 5.74) is 0.498. The molecule has 4 nitrogen and oxygen atoms in total. The van der Waals surface area contributed by atoms with Crippen molar-refractivity contribution in [3.8, 4) is 5.75 Å². The molecular formula is C14H18Cl2N2O2. The maximum absolute atomic E-state index is 12.5. The topological polar surface area (TPSA) is 41.6 Å². The number of hydrogen-bond donors (Lipinski definition) is 1. The number of hydrogen-bond acceptors (Lipinski definition) is 3. The zero-order chi connectivity index (χ0) is 14.7. The van der Waals surface area contributed by atoms with E-state index < -0.39 is 0 Å². The van der Waals surface area contributed by atoms with Crippen molar-refractivity contribution in [2.45, 2.75) is 18.9 Å². The van der Waals surface area contributed by atoms with E-state index in [0.29, 0.717) is 33.9 Å². The van der Waals surface area contributed by atoms with E-state index in [-0.39, 0.29) is 5.91 Å². The fourth-order valence-corrected chi connectivity index (χ4v) is 3.10. The number of ether oxygens (including phenoxy) is 1. The van der Waals surface area contributed by atoms with Gasteiger partial charge in [0, 0.05) is 24.7 Å². The third-order valence-electron chi connectivity index (χ3n) is 3.57. The largest absolute Gasteiger partial charge is 0.494 e. The second kappa shape index (κ2) is 6.66. The Labute approximate surface area is 129 Å². The van der Waals surface area contributed by atoms with Crippen LogP contribution < -0.4 is 10.1 Å². The van der Waals surface area contributed by atoms with Crippen molar-refractivity contribution in [1.29, 1.82) is 0 Å². The molecule has 0 bridgehead atoms. The van der Waals surface area contributed by atoms with E-state index in [2.05, 4.69) is 5.32 Å². The molecule has 1 aromatic carbocycles. The molecule has 1 aliphatic heterocycles. The smallest absolute Gasteiger partial charge is 0.254 e. The maximum Gasteiger partial charge on any atom is 0.254 e. The number of halogens is 2. The first-order valence-electron chi connectivity index (χ1n) is 6.56. The first-order valence-corrected chi connectivity index (χ1v) is 7.32. The summed E-state index contributed by atoms with van der Waals surface area (Å²) in [7, 11) is 3.41. The number of nitrogens with zero attached hydrogens (tertiary/aromatic N) is 1. The molecule has 1 saturated heterocycles. The zero-order valence-corrected chi connectivity index (χ0v) is 13.1. The van der Waals surface area contributed by atoms with E-state index in [0.717, 1.165) is 19.4 Å². The van der Waals surface area contributed by atoms with E-state index in [1.54, 1.807) is 12.1 Å². The quantitative estimate of drug-likeness (QED) is 0.932. The molecular weight excluding hydrogens is 299 g/mol. The molecule has 1 heterocycles. The number of amides is 1. The van der Waals surface area contributed by atoms with Gasteiger partial charge in [-0.2, -0.15) is 0 Å². The molecule has 1 aliphatic rings. The second-order valence-electron chi connectivity index (χ2n) is 4.85. The van der Waals surface area contributed by atoms with Crippen LogP contribution in [0.3, 0.4) is 0 Å². The summed E-state index contributed by atoms with van der Waals surface area (Å²) < 4.78 is 5.09. The van der Waals surface area contributed by atoms with E-state index in [4.69, 9.17) is 27.9 Å². The lowest BCUT2D eigenvalue weighted by molar-refractivity contribution is 0.0698. The molecule has 0 saturated carbocycles. The van der Waals surface area contributed by atoms with Crippen LogP contribution in [0.25, 0.3) is 0 Å². The highest BCUT2D eigenvalue weighted by Gasteiger charge is 2.24. The second-order valence-corrected chi connectivity index (χ2v) is 5.67. The molecule has 0 aromatic heterocycles. The Morgan fingerprint density at radius 2 is 2.05 bits per heavy atom. The van der Waals surface area contributed by atoms with Gasteiger partial charge in [0.05, 0.1) is 17.2 Å². The molecule has 0 unspecified atom stereocenters. The van der Waals surface area contributed by atoms with Crippen molar-refractivity contribution in [3.63, 3.8) is 0 Å². The van der Waals surface area contributed by atoms with Gasteiger partial charge in [-0.05, 0) is 32.0 Å². The van der Waals surface area contributed by atoms with Crippen LogP contribution in [0, 0.1) is 0 Å². The number of nitrogens with one attached hydrogen (secondary N) is 1. The first-order chi connectivity index (χ1) is 9.56. The average molecular weight is 317 g/mol. The van der Waals surface area contributed by atoms with Gasteiger partial charge in [-0.15, -0.1) is 0 Å². The van der Waals surface area contributed by atoms with Gasteiger partial charge in [0.2, 0.25) is 0 Å². The molecule has 6 heteroatoms. The molecule has 0 radical (unpaired) electrons. The standard InChI is InChI=1S/C14H18Cl2N2O2/c1-17-10-4-3-5-18(8-10)14(19)9-6-11(15)13(20-2)12(16)7-9/h6-7,10,17H,3-5,8H2,1-2H3/t10-/m0/s1. The average Bonchev–Trinajstić information content (AvgIpc) is 2.46. The molecule has 1 amide bonds. The molecule has 20 heavy (non-hydrogen) atoms. The van der Waals surface area contributed by atoms with Crippen LogP contribution in [0.4, 0.5) is 0 Å². The fourth-order valence-electron chi connectivity index (χ4n) is 2.46. The predicted octanol–water partition coefficient (Wildman–Crippen LogP) is 2.83. The van der Waals surface area contributed by atoms with Crippen molar-refractivity contribution in [2.75, 3.05) is 27.2 Å². The van der Waals surface area contributed by atoms with Gasteiger partial charge in [0.25, 0.3) is 5.91 Å². The SMILES string of the molecule is CN[C@H]1CCCN(C(=O)c2cc(Cl)c(OC)c(Cl)c2)C1. The van der Waals surface area contributed by atoms with Crippen LogP contribution >= 0.6 is 23.2 Å². The van der Waals surface area contributed by atoms with Crippen molar-refractivity contribution in [3.05, 3.63) is 27.7 Å². The summed E-state index contributed by atoms with van der Waals surface area (Å²) in [5, 5.41) is 3.92. The van der Waals surface area contributed by atoms with Crippen LogP contribution in [0.5, 0.6) is 5.75 Å². The van der Waals surface area contributed by atoms with Crippen LogP contribution in [0.2, 0.25) is 10.0 Å². The van der Waals surface area contributed by atoms with Gasteiger partial charge >= 0.3 is 0 Å². The van der Waals surface area contributed by atoms with Crippen LogP contribution in [0.15, 0.2) is 12.1 Å². The van der Waals surface area contributed by atoms with E-state index in [1.165, 1.54) is 7.11 Å². The Bertz CT molecular complexity index is 485. The van der Waals surface area contributed by atoms with Crippen molar-refractivity contribution < 1.29 is 9.53 Å². The molecule has 2 rings (SSSR count). The zero-order valence-electron chi connectivity index (χ0n) is 11.6. The minimum absolute atomic E-state index is 0.0450. The third-order valence-corrected chi connectivity index (χ3v) is 4.13. The predicted molar refractivity (Wildman–Crippen MR) is 81.0 cm³/mol. The number of likely N-dealkylation sites (tertiary alicyclic amines) is 1. The molecule has 0 aliphatic carbocycles. The molecule has 110 valence electrons. The summed E-state index contributed by atoms with van der Waals surface area (Å²) in [6.07, 6.45) is 2.08. The van der Waals surface area contributed by atoms with Crippen molar-refractivity contribution >= 4 is 29.1 Å². The van der Waals surface area contributed by atoms with Gasteiger partial charge in [-0.3, -0.25) is 4.79 Å². The summed E-state index contributed by atoms with van der Waals surface area (Å²) >= 11 is 12.2. The third kappa shape index (κ3) is 3.19. The normalized spacial score (nSPS) is 19.0. The molecule has 1 N–H and O–H groups in total. The number of piperidine rings is 1. The monoisotopic (exact) mass is 316 g/mol. The van der Waals surface area contributed by atoms with E-state index >= 15 is 0 Å². The molecule has 0 spiro atoms. The number of carbonyl (C=O) groups excluding carboxylic acids is 1. The Kier molecular flexibility index (Phi) is 5.13. The van der Waals surface area contributed by atoms with Crippen LogP contribution in [-0.4, -0.2) is 44.1 Å². The lowest BCUT2D eigenvalue weighted by atomic mass is 10.0. The number of methoxy groups -OCH3 is 1. The van der Waals surface area contributed by atoms with Crippen LogP contribution in [0.1, 0.15) is 23.2 Å². The highest BCUT2D eigenvalue weighted by atomic mass is 35.5. The minimum atomic E-state index is -0.0450. The van der Waals surface area contributed by atoms with Crippen LogP contribution in [-0.2, 0) is 0 Å². The van der Waals surface area contributed by atoms with E-state index in [9.17, 15) is 4.79 Å². The lowest BCUT2D eigenvalue weighted by Crippen LogP contribution is -2.46. The fraction of sp³-hybridized carbons (Fsp3) is 0.500. The Morgan fingerprint density at radius 1 is 1.40 bits per heavy atom. The molecule has 1 fully saturated rings. The van der Waals surface area contributed by atoms with Gasteiger partial charge in [0.15, 0.2) is 5.75 Å². The van der Waals surface area contributed by atoms with Gasteiger partial charge in [-0.1, -0.05) is 23.2 Å². The van der Waals surface area contributed by atoms with E-state index in [1.807, 2.05) is 11.9 Å². The lowest BCUT2D eigenvalue weighted by Gasteiger charge is -2.32. The number of benzene rings is 1. The Hall–Kier alpha value is -0.970. The van der Waals surface area contributed by atoms with Crippen molar-refractivity contribution in [1.82, 2.24) is 10.2 Å². The van der Waals surface area contributed by atoms with Gasteiger partial charge < -0.3 is 15.0 Å². The Balaban J connectivity index is 2.21. The first kappa shape index (κ1) is 15.4. The van der Waals surface area contributed by atoms with Gasteiger partial charge in [0.1, 0.15) is 0 Å². The highest BCUT2D eigenvalue weighted by Crippen LogP contribution is 2.34. The summed E-state index contributed by atoms with van der Waals surface area (Å²) in [5.74, 6) is 0.355. The molecule has 1 atom stereocenters. The molecule has 1 aromatic rings. The Morgan fingerprint density at radius 3 is 2.60 bits per heavy atom. The maximum atomic E-state index is 12.5. The summed E-state index contributed by atoms with van der Waals surface area (Å²) in [6.45, 7) is 1.47. The number of carbonyl (C=O) groups is 1. The van der Waals surface area contributed by atoms with Gasteiger partial charge in [-0.25, -0.2) is 0 Å². The summed E-state index contributed by atoms with van der Waals surface area (Å²) in [4.78, 5) is 14.3.